The number of hydrogen-bond donors (Lipinski definition) is 2. The first-order chi connectivity index (χ1) is 11.6. The van der Waals surface area contributed by atoms with E-state index in [1.54, 1.807) is 12.4 Å². The highest BCUT2D eigenvalue weighted by molar-refractivity contribution is 6.06. The van der Waals surface area contributed by atoms with Crippen LogP contribution in [0.1, 0.15) is 30.9 Å². The molecule has 0 aliphatic carbocycles. The Morgan fingerprint density at radius 2 is 2.04 bits per heavy atom. The second-order valence-electron chi connectivity index (χ2n) is 5.64. The normalized spacial score (nSPS) is 11.0. The molecule has 0 radical (unpaired) electrons. The van der Waals surface area contributed by atoms with E-state index in [0.717, 1.165) is 5.56 Å². The highest BCUT2D eigenvalue weighted by Crippen LogP contribution is 2.17. The van der Waals surface area contributed by atoms with Gasteiger partial charge in [-0.15, -0.1) is 0 Å². The lowest BCUT2D eigenvalue weighted by Gasteiger charge is -2.08. The topological polar surface area (TPSA) is 77.8 Å². The van der Waals surface area contributed by atoms with Crippen molar-refractivity contribution < 1.29 is 4.79 Å². The Hall–Kier alpha value is -3.13. The lowest BCUT2D eigenvalue weighted by atomic mass is 10.0. The van der Waals surface area contributed by atoms with Gasteiger partial charge in [-0.05, 0) is 35.2 Å². The Kier molecular flexibility index (Phi) is 6.09. The minimum absolute atomic E-state index is 0.0202. The molecule has 0 bridgehead atoms. The van der Waals surface area contributed by atoms with Gasteiger partial charge < -0.3 is 10.6 Å². The van der Waals surface area contributed by atoms with E-state index < -0.39 is 5.91 Å². The number of nitriles is 1. The van der Waals surface area contributed by atoms with Crippen molar-refractivity contribution in [2.45, 2.75) is 26.3 Å². The zero-order chi connectivity index (χ0) is 17.4. The summed E-state index contributed by atoms with van der Waals surface area (Å²) in [5.74, 6) is -0.00511. The van der Waals surface area contributed by atoms with Crippen molar-refractivity contribution in [3.63, 3.8) is 0 Å². The number of carbonyl (C=O) groups is 1. The van der Waals surface area contributed by atoms with Crippen molar-refractivity contribution in [3.8, 4) is 6.07 Å². The maximum Gasteiger partial charge on any atom is 0.267 e. The Morgan fingerprint density at radius 1 is 1.29 bits per heavy atom. The van der Waals surface area contributed by atoms with Crippen molar-refractivity contribution in [1.29, 1.82) is 5.26 Å². The molecule has 0 saturated heterocycles. The van der Waals surface area contributed by atoms with Crippen LogP contribution in [0.3, 0.4) is 0 Å². The summed E-state index contributed by atoms with van der Waals surface area (Å²) in [6, 6.07) is 13.3. The number of rotatable bonds is 6. The number of nitrogens with one attached hydrogen (secondary N) is 2. The van der Waals surface area contributed by atoms with Crippen molar-refractivity contribution in [3.05, 3.63) is 71.7 Å². The van der Waals surface area contributed by atoms with Gasteiger partial charge in [0.1, 0.15) is 11.6 Å². The van der Waals surface area contributed by atoms with E-state index in [4.69, 9.17) is 5.26 Å². The highest BCUT2D eigenvalue weighted by Gasteiger charge is 2.09. The monoisotopic (exact) mass is 320 g/mol. The second-order valence-corrected chi connectivity index (χ2v) is 5.64. The van der Waals surface area contributed by atoms with Gasteiger partial charge in [-0.2, -0.15) is 5.26 Å². The molecule has 0 fully saturated rings. The lowest BCUT2D eigenvalue weighted by Crippen LogP contribution is -2.16. The fourth-order valence-corrected chi connectivity index (χ4v) is 2.07. The molecule has 1 heterocycles. The summed E-state index contributed by atoms with van der Waals surface area (Å²) >= 11 is 0. The predicted molar refractivity (Wildman–Crippen MR) is 93.9 cm³/mol. The van der Waals surface area contributed by atoms with Crippen LogP contribution in [0.25, 0.3) is 0 Å². The van der Waals surface area contributed by atoms with Crippen molar-refractivity contribution >= 4 is 11.6 Å². The first kappa shape index (κ1) is 17.2. The van der Waals surface area contributed by atoms with Gasteiger partial charge in [-0.1, -0.05) is 32.0 Å². The van der Waals surface area contributed by atoms with Gasteiger partial charge in [0, 0.05) is 30.8 Å². The highest BCUT2D eigenvalue weighted by atomic mass is 16.1. The van der Waals surface area contributed by atoms with E-state index >= 15 is 0 Å². The third-order valence-electron chi connectivity index (χ3n) is 3.48. The summed E-state index contributed by atoms with van der Waals surface area (Å²) in [6.45, 7) is 4.71. The van der Waals surface area contributed by atoms with Crippen LogP contribution in [-0.4, -0.2) is 10.9 Å². The van der Waals surface area contributed by atoms with E-state index in [0.29, 0.717) is 18.2 Å². The molecule has 2 N–H and O–H groups in total. The number of pyridine rings is 1. The standard InChI is InChI=1S/C19H20N4O/c1-14(2)16-5-7-18(8-6-16)23-19(24)17(10-20)13-22-12-15-4-3-9-21-11-15/h3-9,11,13-14,22H,12H2,1-2H3,(H,23,24)/b17-13-. The molecule has 0 aliphatic heterocycles. The summed E-state index contributed by atoms with van der Waals surface area (Å²) in [5.41, 5.74) is 2.85. The molecule has 2 aromatic rings. The van der Waals surface area contributed by atoms with E-state index in [-0.39, 0.29) is 5.57 Å². The Bertz CT molecular complexity index is 743. The zero-order valence-corrected chi connectivity index (χ0v) is 13.8. The molecule has 0 unspecified atom stereocenters. The van der Waals surface area contributed by atoms with Crippen molar-refractivity contribution in [1.82, 2.24) is 10.3 Å². The fourth-order valence-electron chi connectivity index (χ4n) is 2.07. The van der Waals surface area contributed by atoms with Gasteiger partial charge in [0.25, 0.3) is 5.91 Å². The first-order valence-corrected chi connectivity index (χ1v) is 7.74. The average Bonchev–Trinajstić information content (AvgIpc) is 2.60. The molecule has 0 atom stereocenters. The molecule has 0 saturated carbocycles. The Morgan fingerprint density at radius 3 is 2.62 bits per heavy atom. The molecule has 5 nitrogen and oxygen atoms in total. The van der Waals surface area contributed by atoms with Crippen LogP contribution >= 0.6 is 0 Å². The molecule has 2 rings (SSSR count). The molecule has 0 spiro atoms. The molecule has 5 heteroatoms. The third kappa shape index (κ3) is 4.96. The predicted octanol–water partition coefficient (Wildman–Crippen LogP) is 3.34. The van der Waals surface area contributed by atoms with Crippen molar-refractivity contribution in [2.24, 2.45) is 0 Å². The van der Waals surface area contributed by atoms with Crippen LogP contribution in [0.2, 0.25) is 0 Å². The second kappa shape index (κ2) is 8.49. The third-order valence-corrected chi connectivity index (χ3v) is 3.48. The van der Waals surface area contributed by atoms with Crippen LogP contribution in [0.15, 0.2) is 60.6 Å². The van der Waals surface area contributed by atoms with Gasteiger partial charge in [-0.3, -0.25) is 9.78 Å². The number of nitrogens with zero attached hydrogens (tertiary/aromatic N) is 2. The molecule has 24 heavy (non-hydrogen) atoms. The largest absolute Gasteiger partial charge is 0.386 e. The quantitative estimate of drug-likeness (QED) is 0.632. The summed E-state index contributed by atoms with van der Waals surface area (Å²) < 4.78 is 0. The SMILES string of the molecule is CC(C)c1ccc(NC(=O)/C(C#N)=C\NCc2cccnc2)cc1. The molecular weight excluding hydrogens is 300 g/mol. The maximum absolute atomic E-state index is 12.2. The Labute approximate surface area is 142 Å². The lowest BCUT2D eigenvalue weighted by molar-refractivity contribution is -0.112. The van der Waals surface area contributed by atoms with Crippen LogP contribution in [0.4, 0.5) is 5.69 Å². The average molecular weight is 320 g/mol. The van der Waals surface area contributed by atoms with Crippen molar-refractivity contribution in [2.75, 3.05) is 5.32 Å². The fraction of sp³-hybridized carbons (Fsp3) is 0.211. The van der Waals surface area contributed by atoms with Crippen LogP contribution < -0.4 is 10.6 Å². The van der Waals surface area contributed by atoms with Gasteiger partial charge in [-0.25, -0.2) is 0 Å². The molecule has 1 aromatic carbocycles. The number of benzene rings is 1. The number of amides is 1. The zero-order valence-electron chi connectivity index (χ0n) is 13.8. The molecule has 1 aromatic heterocycles. The van der Waals surface area contributed by atoms with E-state index in [9.17, 15) is 4.79 Å². The van der Waals surface area contributed by atoms with Crippen LogP contribution in [0, 0.1) is 11.3 Å². The van der Waals surface area contributed by atoms with Gasteiger partial charge in [0.05, 0.1) is 0 Å². The van der Waals surface area contributed by atoms with Crippen LogP contribution in [0.5, 0.6) is 0 Å². The molecule has 0 aliphatic rings. The summed E-state index contributed by atoms with van der Waals surface area (Å²) in [6.07, 6.45) is 4.84. The first-order valence-electron chi connectivity index (χ1n) is 7.74. The summed E-state index contributed by atoms with van der Waals surface area (Å²) in [4.78, 5) is 16.2. The number of anilines is 1. The molecular formula is C19H20N4O. The Balaban J connectivity index is 1.95. The maximum atomic E-state index is 12.2. The number of hydrogen-bond acceptors (Lipinski definition) is 4. The molecule has 122 valence electrons. The number of aromatic nitrogens is 1. The van der Waals surface area contributed by atoms with Gasteiger partial charge in [0.15, 0.2) is 0 Å². The summed E-state index contributed by atoms with van der Waals surface area (Å²) in [5, 5.41) is 14.8. The van der Waals surface area contributed by atoms with E-state index in [1.165, 1.54) is 11.8 Å². The van der Waals surface area contributed by atoms with E-state index in [1.807, 2.05) is 42.5 Å². The van der Waals surface area contributed by atoms with Crippen LogP contribution in [-0.2, 0) is 11.3 Å². The smallest absolute Gasteiger partial charge is 0.267 e. The van der Waals surface area contributed by atoms with E-state index in [2.05, 4.69) is 29.5 Å². The van der Waals surface area contributed by atoms with Gasteiger partial charge in [0.2, 0.25) is 0 Å². The number of carbonyl (C=O) groups excluding carboxylic acids is 1. The minimum Gasteiger partial charge on any atom is -0.386 e. The molecule has 1 amide bonds. The minimum atomic E-state index is -0.437. The summed E-state index contributed by atoms with van der Waals surface area (Å²) in [7, 11) is 0. The van der Waals surface area contributed by atoms with Gasteiger partial charge >= 0.3 is 0 Å².